The summed E-state index contributed by atoms with van der Waals surface area (Å²) in [5, 5.41) is 3.71. The van der Waals surface area contributed by atoms with Crippen molar-refractivity contribution in [2.75, 3.05) is 13.1 Å². The van der Waals surface area contributed by atoms with Gasteiger partial charge in [0, 0.05) is 25.2 Å². The summed E-state index contributed by atoms with van der Waals surface area (Å²) in [5.74, 6) is 0. The maximum atomic E-state index is 3.71. The van der Waals surface area contributed by atoms with Crippen molar-refractivity contribution in [3.05, 3.63) is 35.4 Å². The molecule has 2 atom stereocenters. The highest BCUT2D eigenvalue weighted by atomic mass is 15.2. The number of hydrogen-bond donors (Lipinski definition) is 1. The quantitative estimate of drug-likeness (QED) is 0.879. The van der Waals surface area contributed by atoms with Gasteiger partial charge in [-0.3, -0.25) is 4.90 Å². The van der Waals surface area contributed by atoms with E-state index in [1.54, 1.807) is 5.56 Å². The number of likely N-dealkylation sites (tertiary alicyclic amines) is 1. The lowest BCUT2D eigenvalue weighted by molar-refractivity contribution is 0.215. The minimum Gasteiger partial charge on any atom is -0.308 e. The second-order valence-corrected chi connectivity index (χ2v) is 5.75. The summed E-state index contributed by atoms with van der Waals surface area (Å²) >= 11 is 0. The summed E-state index contributed by atoms with van der Waals surface area (Å²) in [6.45, 7) is 5.91. The fourth-order valence-electron chi connectivity index (χ4n) is 3.53. The van der Waals surface area contributed by atoms with Crippen LogP contribution >= 0.6 is 0 Å². The van der Waals surface area contributed by atoms with Crippen LogP contribution in [0.15, 0.2) is 24.3 Å². The number of benzene rings is 1. The van der Waals surface area contributed by atoms with Crippen LogP contribution in [0.3, 0.4) is 0 Å². The molecule has 0 saturated carbocycles. The van der Waals surface area contributed by atoms with Gasteiger partial charge in [0.05, 0.1) is 0 Å². The molecule has 1 fully saturated rings. The van der Waals surface area contributed by atoms with Gasteiger partial charge in [0.15, 0.2) is 0 Å². The van der Waals surface area contributed by atoms with Gasteiger partial charge in [-0.05, 0) is 43.4 Å². The second-order valence-electron chi connectivity index (χ2n) is 5.75. The number of nitrogens with one attached hydrogen (secondary N) is 1. The van der Waals surface area contributed by atoms with Gasteiger partial charge in [-0.2, -0.15) is 0 Å². The molecule has 2 nitrogen and oxygen atoms in total. The Bertz CT molecular complexity index is 402. The zero-order valence-electron chi connectivity index (χ0n) is 11.4. The van der Waals surface area contributed by atoms with Crippen LogP contribution in [0.4, 0.5) is 0 Å². The van der Waals surface area contributed by atoms with Crippen molar-refractivity contribution in [3.8, 4) is 0 Å². The lowest BCUT2D eigenvalue weighted by atomic mass is 9.95. The molecule has 98 valence electrons. The van der Waals surface area contributed by atoms with Gasteiger partial charge >= 0.3 is 0 Å². The Labute approximate surface area is 110 Å². The standard InChI is InChI=1S/C16H24N2/c1-2-16-8-5-9-18(16)12-15-10-13-6-3-4-7-14(13)11-17-15/h3-4,6-7,15-17H,2,5,8-12H2,1H3. The third kappa shape index (κ3) is 2.45. The van der Waals surface area contributed by atoms with Crippen molar-refractivity contribution < 1.29 is 0 Å². The predicted octanol–water partition coefficient (Wildman–Crippen LogP) is 2.58. The average Bonchev–Trinajstić information content (AvgIpc) is 2.86. The summed E-state index contributed by atoms with van der Waals surface area (Å²) in [6.07, 6.45) is 5.30. The molecule has 1 aromatic carbocycles. The summed E-state index contributed by atoms with van der Waals surface area (Å²) in [5.41, 5.74) is 3.04. The average molecular weight is 244 g/mol. The van der Waals surface area contributed by atoms with Crippen LogP contribution in [0.25, 0.3) is 0 Å². The highest BCUT2D eigenvalue weighted by Crippen LogP contribution is 2.22. The first kappa shape index (κ1) is 12.2. The van der Waals surface area contributed by atoms with Crippen molar-refractivity contribution in [1.82, 2.24) is 10.2 Å². The molecule has 2 unspecified atom stereocenters. The van der Waals surface area contributed by atoms with E-state index in [4.69, 9.17) is 0 Å². The minimum atomic E-state index is 0.645. The Kier molecular flexibility index (Phi) is 3.67. The Balaban J connectivity index is 1.62. The molecular weight excluding hydrogens is 220 g/mol. The van der Waals surface area contributed by atoms with Gasteiger partial charge in [0.2, 0.25) is 0 Å². The normalized spacial score (nSPS) is 28.3. The van der Waals surface area contributed by atoms with E-state index >= 15 is 0 Å². The van der Waals surface area contributed by atoms with Crippen LogP contribution in [-0.2, 0) is 13.0 Å². The van der Waals surface area contributed by atoms with Crippen LogP contribution < -0.4 is 5.32 Å². The van der Waals surface area contributed by atoms with Gasteiger partial charge in [0.25, 0.3) is 0 Å². The summed E-state index contributed by atoms with van der Waals surface area (Å²) < 4.78 is 0. The zero-order chi connectivity index (χ0) is 12.4. The molecule has 0 amide bonds. The lowest BCUT2D eigenvalue weighted by Crippen LogP contribution is -2.46. The maximum absolute atomic E-state index is 3.71. The van der Waals surface area contributed by atoms with Gasteiger partial charge < -0.3 is 5.32 Å². The van der Waals surface area contributed by atoms with Gasteiger partial charge in [-0.15, -0.1) is 0 Å². The van der Waals surface area contributed by atoms with Gasteiger partial charge in [-0.25, -0.2) is 0 Å². The smallest absolute Gasteiger partial charge is 0.0238 e. The molecule has 3 rings (SSSR count). The number of nitrogens with zero attached hydrogens (tertiary/aromatic N) is 1. The van der Waals surface area contributed by atoms with E-state index in [0.717, 1.165) is 12.6 Å². The van der Waals surface area contributed by atoms with Crippen LogP contribution in [0.1, 0.15) is 37.3 Å². The molecule has 1 saturated heterocycles. The molecular formula is C16H24N2. The van der Waals surface area contributed by atoms with Gasteiger partial charge in [-0.1, -0.05) is 31.2 Å². The summed E-state index contributed by atoms with van der Waals surface area (Å²) in [6, 6.07) is 10.4. The van der Waals surface area contributed by atoms with Crippen LogP contribution in [0, 0.1) is 0 Å². The Morgan fingerprint density at radius 2 is 2.11 bits per heavy atom. The molecule has 2 aliphatic heterocycles. The Morgan fingerprint density at radius 1 is 1.28 bits per heavy atom. The van der Waals surface area contributed by atoms with Crippen LogP contribution in [0.2, 0.25) is 0 Å². The molecule has 0 spiro atoms. The van der Waals surface area contributed by atoms with E-state index in [9.17, 15) is 0 Å². The topological polar surface area (TPSA) is 15.3 Å². The molecule has 2 aliphatic rings. The summed E-state index contributed by atoms with van der Waals surface area (Å²) in [4.78, 5) is 2.70. The fraction of sp³-hybridized carbons (Fsp3) is 0.625. The fourth-order valence-corrected chi connectivity index (χ4v) is 3.53. The highest BCUT2D eigenvalue weighted by Gasteiger charge is 2.26. The molecule has 18 heavy (non-hydrogen) atoms. The van der Waals surface area contributed by atoms with Crippen LogP contribution in [-0.4, -0.2) is 30.1 Å². The van der Waals surface area contributed by atoms with Crippen LogP contribution in [0.5, 0.6) is 0 Å². The van der Waals surface area contributed by atoms with Crippen molar-refractivity contribution in [2.45, 2.75) is 51.2 Å². The van der Waals surface area contributed by atoms with E-state index in [0.29, 0.717) is 6.04 Å². The predicted molar refractivity (Wildman–Crippen MR) is 75.7 cm³/mol. The van der Waals surface area contributed by atoms with E-state index in [1.807, 2.05) is 0 Å². The second kappa shape index (κ2) is 5.41. The summed E-state index contributed by atoms with van der Waals surface area (Å²) in [7, 11) is 0. The Hall–Kier alpha value is -0.860. The van der Waals surface area contributed by atoms with E-state index < -0.39 is 0 Å². The minimum absolute atomic E-state index is 0.645. The maximum Gasteiger partial charge on any atom is 0.0238 e. The number of rotatable bonds is 3. The molecule has 1 aromatic rings. The molecule has 1 N–H and O–H groups in total. The van der Waals surface area contributed by atoms with Crippen molar-refractivity contribution >= 4 is 0 Å². The van der Waals surface area contributed by atoms with E-state index in [1.165, 1.54) is 44.3 Å². The highest BCUT2D eigenvalue weighted by molar-refractivity contribution is 5.30. The third-order valence-electron chi connectivity index (χ3n) is 4.59. The number of hydrogen-bond acceptors (Lipinski definition) is 2. The molecule has 0 bridgehead atoms. The number of fused-ring (bicyclic) bond motifs is 1. The SMILES string of the molecule is CCC1CCCN1CC1Cc2ccccc2CN1. The van der Waals surface area contributed by atoms with Crippen molar-refractivity contribution in [3.63, 3.8) is 0 Å². The molecule has 2 heterocycles. The molecule has 2 heteroatoms. The Morgan fingerprint density at radius 3 is 2.94 bits per heavy atom. The van der Waals surface area contributed by atoms with E-state index in [-0.39, 0.29) is 0 Å². The lowest BCUT2D eigenvalue weighted by Gasteiger charge is -2.32. The third-order valence-corrected chi connectivity index (χ3v) is 4.59. The van der Waals surface area contributed by atoms with Crippen molar-refractivity contribution in [1.29, 1.82) is 0 Å². The first-order valence-electron chi connectivity index (χ1n) is 7.41. The molecule has 0 aromatic heterocycles. The largest absolute Gasteiger partial charge is 0.308 e. The first-order valence-corrected chi connectivity index (χ1v) is 7.41. The first-order chi connectivity index (χ1) is 8.86. The van der Waals surface area contributed by atoms with Gasteiger partial charge in [0.1, 0.15) is 0 Å². The molecule has 0 radical (unpaired) electrons. The van der Waals surface area contributed by atoms with E-state index in [2.05, 4.69) is 41.4 Å². The van der Waals surface area contributed by atoms with Crippen molar-refractivity contribution in [2.24, 2.45) is 0 Å². The zero-order valence-corrected chi connectivity index (χ0v) is 11.4. The molecule has 0 aliphatic carbocycles. The monoisotopic (exact) mass is 244 g/mol.